The topological polar surface area (TPSA) is 88.1 Å². The Morgan fingerprint density at radius 3 is 2.76 bits per heavy atom. The molecule has 2 aromatic heterocycles. The van der Waals surface area contributed by atoms with Gasteiger partial charge >= 0.3 is 0 Å². The average Bonchev–Trinajstić information content (AvgIpc) is 2.84. The lowest BCUT2D eigenvalue weighted by Crippen LogP contribution is -2.47. The Bertz CT molecular complexity index is 754. The first kappa shape index (κ1) is 17.5. The normalized spacial score (nSPS) is 15.0. The van der Waals surface area contributed by atoms with Crippen LogP contribution in [-0.2, 0) is 17.6 Å². The molecule has 1 aliphatic heterocycles. The van der Waals surface area contributed by atoms with Gasteiger partial charge in [0.05, 0.1) is 0 Å². The zero-order chi connectivity index (χ0) is 17.8. The summed E-state index contributed by atoms with van der Waals surface area (Å²) in [6, 6.07) is 2.73. The number of hydrogen-bond acceptors (Lipinski definition) is 5. The number of pyridine rings is 1. The molecule has 0 aliphatic carbocycles. The van der Waals surface area contributed by atoms with E-state index in [-0.39, 0.29) is 17.5 Å². The molecule has 0 spiro atoms. The summed E-state index contributed by atoms with van der Waals surface area (Å²) in [6.45, 7) is 2.87. The average molecular weight is 404 g/mol. The predicted octanol–water partition coefficient (Wildman–Crippen LogP) is 1.38. The molecule has 2 amide bonds. The quantitative estimate of drug-likeness (QED) is 0.835. The van der Waals surface area contributed by atoms with Crippen molar-refractivity contribution in [1.29, 1.82) is 0 Å². The molecular formula is C17H18BrN5O2. The fraction of sp³-hybridized carbons (Fsp3) is 0.353. The maximum absolute atomic E-state index is 12.7. The Labute approximate surface area is 154 Å². The van der Waals surface area contributed by atoms with Gasteiger partial charge in [0.2, 0.25) is 5.91 Å². The van der Waals surface area contributed by atoms with Gasteiger partial charge in [-0.1, -0.05) is 0 Å². The first-order valence-corrected chi connectivity index (χ1v) is 8.83. The highest BCUT2D eigenvalue weighted by molar-refractivity contribution is 9.10. The molecule has 25 heavy (non-hydrogen) atoms. The summed E-state index contributed by atoms with van der Waals surface area (Å²) in [5.41, 5.74) is 2.34. The van der Waals surface area contributed by atoms with Crippen LogP contribution in [0.4, 0.5) is 0 Å². The lowest BCUT2D eigenvalue weighted by molar-refractivity contribution is -0.132. The van der Waals surface area contributed by atoms with Crippen molar-refractivity contribution in [2.24, 2.45) is 0 Å². The largest absolute Gasteiger partial charge is 0.340 e. The second kappa shape index (κ2) is 7.69. The zero-order valence-electron chi connectivity index (χ0n) is 13.8. The van der Waals surface area contributed by atoms with Crippen LogP contribution in [0.15, 0.2) is 35.3 Å². The Morgan fingerprint density at radius 1 is 1.20 bits per heavy atom. The summed E-state index contributed by atoms with van der Waals surface area (Å²) in [5.74, 6) is -0.469. The van der Waals surface area contributed by atoms with Crippen LogP contribution in [0.1, 0.15) is 28.7 Å². The van der Waals surface area contributed by atoms with E-state index in [1.165, 1.54) is 6.33 Å². The van der Waals surface area contributed by atoms with Gasteiger partial charge in [0, 0.05) is 42.1 Å². The molecule has 2 aromatic rings. The minimum absolute atomic E-state index is 0.105. The molecule has 3 heterocycles. The first-order valence-electron chi connectivity index (χ1n) is 8.03. The van der Waals surface area contributed by atoms with Crippen molar-refractivity contribution >= 4 is 27.7 Å². The van der Waals surface area contributed by atoms with Crippen molar-refractivity contribution in [3.05, 3.63) is 52.3 Å². The highest BCUT2D eigenvalue weighted by Crippen LogP contribution is 2.13. The van der Waals surface area contributed by atoms with Gasteiger partial charge in [0.15, 0.2) is 0 Å². The number of nitrogens with one attached hydrogen (secondary N) is 1. The molecule has 0 radical (unpaired) electrons. The monoisotopic (exact) mass is 403 g/mol. The van der Waals surface area contributed by atoms with Crippen LogP contribution in [0.5, 0.6) is 0 Å². The molecular weight excluding hydrogens is 386 g/mol. The number of carbonyl (C=O) groups is 2. The Morgan fingerprint density at radius 2 is 2.00 bits per heavy atom. The number of amides is 2. The number of halogens is 1. The molecule has 130 valence electrons. The van der Waals surface area contributed by atoms with E-state index in [1.807, 2.05) is 0 Å². The van der Waals surface area contributed by atoms with E-state index < -0.39 is 6.04 Å². The summed E-state index contributed by atoms with van der Waals surface area (Å²) < 4.78 is 0.792. The summed E-state index contributed by atoms with van der Waals surface area (Å²) in [7, 11) is 0. The lowest BCUT2D eigenvalue weighted by atomic mass is 10.1. The second-order valence-electron chi connectivity index (χ2n) is 5.88. The minimum atomic E-state index is -0.620. The van der Waals surface area contributed by atoms with Crippen LogP contribution in [0.25, 0.3) is 0 Å². The van der Waals surface area contributed by atoms with Crippen molar-refractivity contribution in [3.8, 4) is 0 Å². The van der Waals surface area contributed by atoms with E-state index in [1.54, 1.807) is 36.4 Å². The van der Waals surface area contributed by atoms with E-state index >= 15 is 0 Å². The van der Waals surface area contributed by atoms with Crippen LogP contribution in [0, 0.1) is 0 Å². The van der Waals surface area contributed by atoms with Crippen LogP contribution >= 0.6 is 15.9 Å². The highest BCUT2D eigenvalue weighted by Gasteiger charge is 2.25. The SMILES string of the molecule is C[C@@H](NC(=O)c1ccc(Br)cn1)C(=O)N1CCc2cncnc2CC1. The number of carbonyl (C=O) groups excluding carboxylic acids is 2. The number of nitrogens with zero attached hydrogens (tertiary/aromatic N) is 4. The van der Waals surface area contributed by atoms with Crippen molar-refractivity contribution < 1.29 is 9.59 Å². The third-order valence-corrected chi connectivity index (χ3v) is 4.61. The van der Waals surface area contributed by atoms with Gasteiger partial charge in [0.1, 0.15) is 18.1 Å². The van der Waals surface area contributed by atoms with Gasteiger partial charge < -0.3 is 10.2 Å². The van der Waals surface area contributed by atoms with Gasteiger partial charge in [-0.3, -0.25) is 9.59 Å². The summed E-state index contributed by atoms with van der Waals surface area (Å²) in [4.78, 5) is 39.0. The second-order valence-corrected chi connectivity index (χ2v) is 6.79. The van der Waals surface area contributed by atoms with Crippen LogP contribution in [0.3, 0.4) is 0 Å². The van der Waals surface area contributed by atoms with Crippen LogP contribution < -0.4 is 5.32 Å². The predicted molar refractivity (Wildman–Crippen MR) is 94.9 cm³/mol. The van der Waals surface area contributed by atoms with Gasteiger partial charge in [-0.2, -0.15) is 0 Å². The molecule has 3 rings (SSSR count). The van der Waals surface area contributed by atoms with Crippen molar-refractivity contribution in [3.63, 3.8) is 0 Å². The van der Waals surface area contributed by atoms with Crippen LogP contribution in [0.2, 0.25) is 0 Å². The molecule has 0 saturated heterocycles. The van der Waals surface area contributed by atoms with E-state index in [2.05, 4.69) is 36.2 Å². The fourth-order valence-electron chi connectivity index (χ4n) is 2.76. The Kier molecular flexibility index (Phi) is 5.37. The van der Waals surface area contributed by atoms with E-state index in [0.29, 0.717) is 19.5 Å². The molecule has 7 nitrogen and oxygen atoms in total. The molecule has 0 fully saturated rings. The molecule has 8 heteroatoms. The third kappa shape index (κ3) is 4.19. The molecule has 0 bridgehead atoms. The smallest absolute Gasteiger partial charge is 0.270 e. The standard InChI is InChI=1S/C17H18BrN5O2/c1-11(22-16(24)15-3-2-13(18)9-20-15)17(25)23-6-4-12-8-19-10-21-14(12)5-7-23/h2-3,8-11H,4-7H2,1H3,(H,22,24)/t11-/m1/s1. The van der Waals surface area contributed by atoms with Gasteiger partial charge in [-0.15, -0.1) is 0 Å². The van der Waals surface area contributed by atoms with Crippen molar-refractivity contribution in [1.82, 2.24) is 25.2 Å². The van der Waals surface area contributed by atoms with Crippen molar-refractivity contribution in [2.75, 3.05) is 13.1 Å². The van der Waals surface area contributed by atoms with Crippen LogP contribution in [-0.4, -0.2) is 50.8 Å². The van der Waals surface area contributed by atoms with Gasteiger partial charge in [0.25, 0.3) is 5.91 Å². The fourth-order valence-corrected chi connectivity index (χ4v) is 3.00. The molecule has 0 saturated carbocycles. The molecule has 0 unspecified atom stereocenters. The first-order chi connectivity index (χ1) is 12.0. The number of hydrogen-bond donors (Lipinski definition) is 1. The Hall–Kier alpha value is -2.35. The number of fused-ring (bicyclic) bond motifs is 1. The van der Waals surface area contributed by atoms with E-state index in [0.717, 1.165) is 22.2 Å². The van der Waals surface area contributed by atoms with Gasteiger partial charge in [-0.05, 0) is 47.0 Å². The van der Waals surface area contributed by atoms with Crippen molar-refractivity contribution in [2.45, 2.75) is 25.8 Å². The molecule has 1 aliphatic rings. The summed E-state index contributed by atoms with van der Waals surface area (Å²) in [5, 5.41) is 2.72. The lowest BCUT2D eigenvalue weighted by Gasteiger charge is -2.24. The number of aromatic nitrogens is 3. The minimum Gasteiger partial charge on any atom is -0.340 e. The van der Waals surface area contributed by atoms with E-state index in [4.69, 9.17) is 0 Å². The molecule has 0 aromatic carbocycles. The third-order valence-electron chi connectivity index (χ3n) is 4.14. The summed E-state index contributed by atoms with van der Waals surface area (Å²) in [6.07, 6.45) is 6.30. The zero-order valence-corrected chi connectivity index (χ0v) is 15.4. The molecule has 1 N–H and O–H groups in total. The molecule has 1 atom stereocenters. The summed E-state index contributed by atoms with van der Waals surface area (Å²) >= 11 is 3.28. The van der Waals surface area contributed by atoms with Gasteiger partial charge in [-0.25, -0.2) is 15.0 Å². The Balaban J connectivity index is 1.61. The maximum Gasteiger partial charge on any atom is 0.270 e. The number of rotatable bonds is 3. The van der Waals surface area contributed by atoms with E-state index in [9.17, 15) is 9.59 Å². The maximum atomic E-state index is 12.7. The highest BCUT2D eigenvalue weighted by atomic mass is 79.9.